The van der Waals surface area contributed by atoms with Gasteiger partial charge in [-0.3, -0.25) is 0 Å². The van der Waals surface area contributed by atoms with Crippen molar-refractivity contribution in [3.63, 3.8) is 0 Å². The molecule has 0 N–H and O–H groups in total. The van der Waals surface area contributed by atoms with Crippen molar-refractivity contribution in [1.29, 1.82) is 0 Å². The van der Waals surface area contributed by atoms with E-state index in [4.69, 9.17) is 0 Å². The second-order valence-corrected chi connectivity index (χ2v) is 3.46. The Balaban J connectivity index is 3.08. The molecule has 0 unspecified atom stereocenters. The van der Waals surface area contributed by atoms with E-state index in [9.17, 15) is 4.39 Å². The summed E-state index contributed by atoms with van der Waals surface area (Å²) in [5.41, 5.74) is 0. The molecule has 2 heteroatoms. The van der Waals surface area contributed by atoms with Crippen molar-refractivity contribution < 1.29 is 4.39 Å². The molecule has 0 saturated heterocycles. The second-order valence-electron chi connectivity index (χ2n) is 1.56. The molecule has 0 amide bonds. The van der Waals surface area contributed by atoms with E-state index in [1.807, 2.05) is 6.07 Å². The fraction of sp³-hybridized carbons (Fsp3) is 0. The molecule has 0 fully saturated rings. The summed E-state index contributed by atoms with van der Waals surface area (Å²) in [4.78, 5) is 0. The van der Waals surface area contributed by atoms with E-state index < -0.39 is 0 Å². The molecular weight excluding hydrogens is 210 g/mol. The normalized spacial score (nSPS) is 9.25. The first-order valence-electron chi connectivity index (χ1n) is 2.30. The molecule has 1 rings (SSSR count). The maximum absolute atomic E-state index is 12.2. The van der Waals surface area contributed by atoms with Crippen LogP contribution in [-0.4, -0.2) is 22.5 Å². The van der Waals surface area contributed by atoms with Crippen molar-refractivity contribution in [2.45, 2.75) is 0 Å². The van der Waals surface area contributed by atoms with Crippen LogP contribution in [-0.2, 0) is 0 Å². The summed E-state index contributed by atoms with van der Waals surface area (Å²) in [6, 6.07) is 6.67. The molecule has 0 aromatic heterocycles. The van der Waals surface area contributed by atoms with Gasteiger partial charge in [0.15, 0.2) is 0 Å². The van der Waals surface area contributed by atoms with E-state index in [1.165, 1.54) is 6.07 Å². The van der Waals surface area contributed by atoms with E-state index >= 15 is 0 Å². The molecule has 1 aromatic rings. The van der Waals surface area contributed by atoms with Gasteiger partial charge in [-0.1, -0.05) is 0 Å². The summed E-state index contributed by atoms with van der Waals surface area (Å²) >= 11 is 0.992. The Morgan fingerprint density at radius 2 is 2.12 bits per heavy atom. The Bertz CT molecular complexity index is 168. The molecule has 0 atom stereocenters. The van der Waals surface area contributed by atoms with E-state index in [1.54, 1.807) is 12.1 Å². The number of hydrogen-bond acceptors (Lipinski definition) is 0. The molecule has 0 nitrogen and oxygen atoms in total. The van der Waals surface area contributed by atoms with Crippen LogP contribution in [0.3, 0.4) is 0 Å². The molecule has 0 aliphatic rings. The molecule has 40 valence electrons. The SMILES string of the molecule is Fc1ccc[c]([SnH])c1. The van der Waals surface area contributed by atoms with E-state index in [0.29, 0.717) is 0 Å². The predicted molar refractivity (Wildman–Crippen MR) is 33.2 cm³/mol. The first-order valence-corrected chi connectivity index (χ1v) is 3.95. The molecule has 2 radical (unpaired) electrons. The maximum atomic E-state index is 12.2. The van der Waals surface area contributed by atoms with Gasteiger partial charge >= 0.3 is 60.6 Å². The molecule has 0 spiro atoms. The molecular formula is C6H5FSn. The molecule has 0 aliphatic heterocycles. The van der Waals surface area contributed by atoms with Gasteiger partial charge in [-0.15, -0.1) is 0 Å². The van der Waals surface area contributed by atoms with E-state index in [0.717, 1.165) is 26.1 Å². The van der Waals surface area contributed by atoms with Gasteiger partial charge in [-0.2, -0.15) is 0 Å². The Morgan fingerprint density at radius 3 is 2.50 bits per heavy atom. The molecule has 8 heavy (non-hydrogen) atoms. The zero-order valence-corrected chi connectivity index (χ0v) is 7.56. The Kier molecular flexibility index (Phi) is 1.89. The summed E-state index contributed by atoms with van der Waals surface area (Å²) in [6.07, 6.45) is 0. The fourth-order valence-corrected chi connectivity index (χ4v) is 1.28. The fourth-order valence-electron chi connectivity index (χ4n) is 0.507. The molecule has 0 aliphatic carbocycles. The Hall–Kier alpha value is -0.0513. The third-order valence-electron chi connectivity index (χ3n) is 0.849. The number of benzene rings is 1. The van der Waals surface area contributed by atoms with Crippen molar-refractivity contribution in [3.8, 4) is 0 Å². The monoisotopic (exact) mass is 216 g/mol. The minimum atomic E-state index is -0.130. The zero-order chi connectivity index (χ0) is 5.98. The van der Waals surface area contributed by atoms with Crippen LogP contribution in [0, 0.1) is 5.82 Å². The first kappa shape index (κ1) is 6.07. The minimum absolute atomic E-state index is 0.130. The van der Waals surface area contributed by atoms with Gasteiger partial charge in [-0.05, 0) is 0 Å². The molecule has 0 bridgehead atoms. The third-order valence-corrected chi connectivity index (χ3v) is 1.87. The Labute approximate surface area is 60.8 Å². The topological polar surface area (TPSA) is 0 Å². The molecule has 0 heterocycles. The van der Waals surface area contributed by atoms with Gasteiger partial charge in [0.2, 0.25) is 0 Å². The number of halogens is 1. The van der Waals surface area contributed by atoms with Crippen molar-refractivity contribution in [3.05, 3.63) is 30.1 Å². The predicted octanol–water partition coefficient (Wildman–Crippen LogP) is 0.352. The van der Waals surface area contributed by atoms with Crippen LogP contribution >= 0.6 is 0 Å². The zero-order valence-electron chi connectivity index (χ0n) is 4.26. The van der Waals surface area contributed by atoms with Gasteiger partial charge in [0.25, 0.3) is 0 Å². The van der Waals surface area contributed by atoms with Crippen LogP contribution in [0.4, 0.5) is 4.39 Å². The van der Waals surface area contributed by atoms with Gasteiger partial charge in [0.05, 0.1) is 0 Å². The third kappa shape index (κ3) is 1.47. The van der Waals surface area contributed by atoms with Gasteiger partial charge in [0, 0.05) is 0 Å². The summed E-state index contributed by atoms with van der Waals surface area (Å²) in [7, 11) is 0. The van der Waals surface area contributed by atoms with Gasteiger partial charge in [-0.25, -0.2) is 0 Å². The molecule has 0 saturated carbocycles. The summed E-state index contributed by atoms with van der Waals surface area (Å²) < 4.78 is 13.3. The average molecular weight is 215 g/mol. The summed E-state index contributed by atoms with van der Waals surface area (Å²) in [5.74, 6) is -0.130. The van der Waals surface area contributed by atoms with Crippen molar-refractivity contribution in [1.82, 2.24) is 0 Å². The van der Waals surface area contributed by atoms with Crippen molar-refractivity contribution in [2.24, 2.45) is 0 Å². The Morgan fingerprint density at radius 1 is 1.38 bits per heavy atom. The summed E-state index contributed by atoms with van der Waals surface area (Å²) in [5, 5.41) is 0. The van der Waals surface area contributed by atoms with Gasteiger partial charge < -0.3 is 0 Å². The summed E-state index contributed by atoms with van der Waals surface area (Å²) in [6.45, 7) is 0. The van der Waals surface area contributed by atoms with Crippen LogP contribution in [0.15, 0.2) is 24.3 Å². The average Bonchev–Trinajstić information content (AvgIpc) is 1.64. The first-order chi connectivity index (χ1) is 3.79. The van der Waals surface area contributed by atoms with Crippen molar-refractivity contribution in [2.75, 3.05) is 0 Å². The van der Waals surface area contributed by atoms with E-state index in [2.05, 4.69) is 0 Å². The number of hydrogen-bond donors (Lipinski definition) is 0. The number of rotatable bonds is 0. The van der Waals surface area contributed by atoms with Crippen molar-refractivity contribution >= 4 is 26.1 Å². The van der Waals surface area contributed by atoms with E-state index in [-0.39, 0.29) is 5.82 Å². The van der Waals surface area contributed by atoms with Crippen LogP contribution < -0.4 is 3.58 Å². The quantitative estimate of drug-likeness (QED) is 0.547. The molecule has 1 aromatic carbocycles. The van der Waals surface area contributed by atoms with Gasteiger partial charge in [0.1, 0.15) is 0 Å². The van der Waals surface area contributed by atoms with Crippen LogP contribution in [0.25, 0.3) is 0 Å². The van der Waals surface area contributed by atoms with Crippen LogP contribution in [0.1, 0.15) is 0 Å². The van der Waals surface area contributed by atoms with Crippen LogP contribution in [0.5, 0.6) is 0 Å². The van der Waals surface area contributed by atoms with Crippen LogP contribution in [0.2, 0.25) is 0 Å². The standard InChI is InChI=1S/C6H4F.Sn.H/c7-6-4-2-1-3-5-6;;/h1-2,4-5H;;. The second kappa shape index (κ2) is 2.48.